The third-order valence-electron chi connectivity index (χ3n) is 1.81. The molecule has 1 rings (SSSR count). The van der Waals surface area contributed by atoms with Crippen molar-refractivity contribution >= 4 is 5.70 Å². The standard InChI is InChI=1S/C12H16N2.C2H6/c1-4-6-8-12(7-5-2)14-9-11(3)13-10-14;1-2/h4-10H,1-3H3;1-2H3/b6-4-,7-5-,12-8+;. The van der Waals surface area contributed by atoms with Gasteiger partial charge in [0.05, 0.1) is 12.0 Å². The smallest absolute Gasteiger partial charge is 0.0995 e. The SMILES string of the molecule is CC.C\C=C/C=C(\C=C/C)n1cnc(C)c1. The maximum Gasteiger partial charge on any atom is 0.0995 e. The van der Waals surface area contributed by atoms with Gasteiger partial charge in [-0.1, -0.05) is 32.1 Å². The summed E-state index contributed by atoms with van der Waals surface area (Å²) >= 11 is 0. The van der Waals surface area contributed by atoms with Crippen molar-refractivity contribution in [2.24, 2.45) is 0 Å². The highest BCUT2D eigenvalue weighted by molar-refractivity contribution is 5.58. The molecule has 1 aromatic rings. The first-order valence-electron chi connectivity index (χ1n) is 5.74. The summed E-state index contributed by atoms with van der Waals surface area (Å²) in [5.74, 6) is 0. The predicted octanol–water partition coefficient (Wildman–Crippen LogP) is 4.21. The number of hydrogen-bond acceptors (Lipinski definition) is 1. The molecule has 0 atom stereocenters. The fraction of sp³-hybridized carbons (Fsp3) is 0.357. The molecule has 0 unspecified atom stereocenters. The molecule has 2 nitrogen and oxygen atoms in total. The summed E-state index contributed by atoms with van der Waals surface area (Å²) in [5, 5.41) is 0. The number of aryl methyl sites for hydroxylation is 1. The van der Waals surface area contributed by atoms with E-state index in [1.54, 1.807) is 0 Å². The quantitative estimate of drug-likeness (QED) is 0.695. The van der Waals surface area contributed by atoms with Crippen LogP contribution in [0.15, 0.2) is 42.9 Å². The Balaban J connectivity index is 0.00000106. The first kappa shape index (κ1) is 14.4. The van der Waals surface area contributed by atoms with E-state index in [1.807, 2.05) is 69.9 Å². The fourth-order valence-corrected chi connectivity index (χ4v) is 1.16. The van der Waals surface area contributed by atoms with E-state index in [0.29, 0.717) is 0 Å². The molecule has 0 aromatic carbocycles. The molecule has 0 fully saturated rings. The monoisotopic (exact) mass is 218 g/mol. The maximum absolute atomic E-state index is 4.19. The molecule has 0 aliphatic carbocycles. The number of hydrogen-bond donors (Lipinski definition) is 0. The van der Waals surface area contributed by atoms with Crippen LogP contribution in [0.25, 0.3) is 5.70 Å². The molecule has 1 heterocycles. The van der Waals surface area contributed by atoms with Crippen LogP contribution in [-0.2, 0) is 0 Å². The lowest BCUT2D eigenvalue weighted by Crippen LogP contribution is -1.89. The summed E-state index contributed by atoms with van der Waals surface area (Å²) in [6.07, 6.45) is 14.0. The van der Waals surface area contributed by atoms with Crippen LogP contribution < -0.4 is 0 Å². The largest absolute Gasteiger partial charge is 0.306 e. The molecule has 0 N–H and O–H groups in total. The van der Waals surface area contributed by atoms with Gasteiger partial charge >= 0.3 is 0 Å². The van der Waals surface area contributed by atoms with Gasteiger partial charge in [0, 0.05) is 11.9 Å². The third kappa shape index (κ3) is 4.78. The van der Waals surface area contributed by atoms with Crippen molar-refractivity contribution in [2.45, 2.75) is 34.6 Å². The van der Waals surface area contributed by atoms with Gasteiger partial charge in [-0.05, 0) is 32.9 Å². The van der Waals surface area contributed by atoms with E-state index in [2.05, 4.69) is 17.1 Å². The van der Waals surface area contributed by atoms with Crippen LogP contribution in [0.2, 0.25) is 0 Å². The summed E-state index contributed by atoms with van der Waals surface area (Å²) < 4.78 is 2.01. The molecular weight excluding hydrogens is 196 g/mol. The van der Waals surface area contributed by atoms with E-state index in [0.717, 1.165) is 11.4 Å². The van der Waals surface area contributed by atoms with Crippen LogP contribution in [0, 0.1) is 6.92 Å². The van der Waals surface area contributed by atoms with Crippen molar-refractivity contribution in [3.63, 3.8) is 0 Å². The zero-order chi connectivity index (χ0) is 12.4. The van der Waals surface area contributed by atoms with Gasteiger partial charge in [0.1, 0.15) is 0 Å². The fourth-order valence-electron chi connectivity index (χ4n) is 1.16. The van der Waals surface area contributed by atoms with E-state index >= 15 is 0 Å². The second-order valence-corrected chi connectivity index (χ2v) is 3.04. The van der Waals surface area contributed by atoms with Gasteiger partial charge in [0.2, 0.25) is 0 Å². The molecule has 1 aromatic heterocycles. The second kappa shape index (κ2) is 8.72. The Bertz CT molecular complexity index is 368. The lowest BCUT2D eigenvalue weighted by Gasteiger charge is -2.00. The molecule has 0 saturated heterocycles. The highest BCUT2D eigenvalue weighted by Gasteiger charge is 1.95. The topological polar surface area (TPSA) is 17.8 Å². The van der Waals surface area contributed by atoms with Crippen molar-refractivity contribution in [1.29, 1.82) is 0 Å². The van der Waals surface area contributed by atoms with Crippen LogP contribution in [0.5, 0.6) is 0 Å². The van der Waals surface area contributed by atoms with Gasteiger partial charge in [-0.25, -0.2) is 4.98 Å². The van der Waals surface area contributed by atoms with Gasteiger partial charge < -0.3 is 4.57 Å². The Kier molecular flexibility index (Phi) is 7.86. The van der Waals surface area contributed by atoms with E-state index in [1.165, 1.54) is 0 Å². The summed E-state index contributed by atoms with van der Waals surface area (Å²) in [6, 6.07) is 0. The summed E-state index contributed by atoms with van der Waals surface area (Å²) in [4.78, 5) is 4.19. The predicted molar refractivity (Wildman–Crippen MR) is 72.2 cm³/mol. The van der Waals surface area contributed by atoms with E-state index in [4.69, 9.17) is 0 Å². The number of allylic oxidation sites excluding steroid dienone is 6. The van der Waals surface area contributed by atoms with E-state index < -0.39 is 0 Å². The average molecular weight is 218 g/mol. The Morgan fingerprint density at radius 2 is 1.94 bits per heavy atom. The number of rotatable bonds is 3. The highest BCUT2D eigenvalue weighted by Crippen LogP contribution is 2.07. The molecule has 0 amide bonds. The van der Waals surface area contributed by atoms with Gasteiger partial charge in [-0.2, -0.15) is 0 Å². The van der Waals surface area contributed by atoms with Crippen molar-refractivity contribution in [3.05, 3.63) is 48.6 Å². The van der Waals surface area contributed by atoms with Crippen molar-refractivity contribution < 1.29 is 0 Å². The Hall–Kier alpha value is -1.57. The van der Waals surface area contributed by atoms with E-state index in [-0.39, 0.29) is 0 Å². The van der Waals surface area contributed by atoms with Crippen LogP contribution >= 0.6 is 0 Å². The number of nitrogens with zero attached hydrogens (tertiary/aromatic N) is 2. The third-order valence-corrected chi connectivity index (χ3v) is 1.81. The lowest BCUT2D eigenvalue weighted by atomic mass is 10.3. The van der Waals surface area contributed by atoms with Crippen LogP contribution in [0.4, 0.5) is 0 Å². The second-order valence-electron chi connectivity index (χ2n) is 3.04. The summed E-state index contributed by atoms with van der Waals surface area (Å²) in [5.41, 5.74) is 2.15. The zero-order valence-corrected chi connectivity index (χ0v) is 10.9. The average Bonchev–Trinajstić information content (AvgIpc) is 2.74. The van der Waals surface area contributed by atoms with Gasteiger partial charge in [0.15, 0.2) is 0 Å². The maximum atomic E-state index is 4.19. The van der Waals surface area contributed by atoms with Gasteiger partial charge in [-0.15, -0.1) is 0 Å². The Morgan fingerprint density at radius 3 is 2.38 bits per heavy atom. The molecule has 16 heavy (non-hydrogen) atoms. The van der Waals surface area contributed by atoms with E-state index in [9.17, 15) is 0 Å². The normalized spacial score (nSPS) is 11.9. The number of imidazole rings is 1. The van der Waals surface area contributed by atoms with Gasteiger partial charge in [0.25, 0.3) is 0 Å². The molecule has 2 heteroatoms. The molecule has 0 bridgehead atoms. The zero-order valence-electron chi connectivity index (χ0n) is 10.9. The highest BCUT2D eigenvalue weighted by atomic mass is 15.0. The summed E-state index contributed by atoms with van der Waals surface area (Å²) in [7, 11) is 0. The molecule has 0 saturated carbocycles. The lowest BCUT2D eigenvalue weighted by molar-refractivity contribution is 1.10. The minimum atomic E-state index is 1.03. The Morgan fingerprint density at radius 1 is 1.25 bits per heavy atom. The molecule has 0 radical (unpaired) electrons. The van der Waals surface area contributed by atoms with Crippen LogP contribution in [0.1, 0.15) is 33.4 Å². The van der Waals surface area contributed by atoms with Gasteiger partial charge in [-0.3, -0.25) is 0 Å². The minimum Gasteiger partial charge on any atom is -0.306 e. The molecule has 0 aliphatic heterocycles. The minimum absolute atomic E-state index is 1.03. The molecule has 0 spiro atoms. The van der Waals surface area contributed by atoms with Crippen molar-refractivity contribution in [3.8, 4) is 0 Å². The first-order chi connectivity index (χ1) is 7.77. The number of aromatic nitrogens is 2. The van der Waals surface area contributed by atoms with Crippen molar-refractivity contribution in [2.75, 3.05) is 0 Å². The van der Waals surface area contributed by atoms with Crippen molar-refractivity contribution in [1.82, 2.24) is 9.55 Å². The first-order valence-corrected chi connectivity index (χ1v) is 5.74. The molecular formula is C14H22N2. The molecule has 0 aliphatic rings. The van der Waals surface area contributed by atoms with Crippen LogP contribution in [0.3, 0.4) is 0 Å². The summed E-state index contributed by atoms with van der Waals surface area (Å²) in [6.45, 7) is 10.00. The Labute approximate surface area is 99.0 Å². The molecule has 88 valence electrons. The van der Waals surface area contributed by atoms with Crippen LogP contribution in [-0.4, -0.2) is 9.55 Å².